The first-order chi connectivity index (χ1) is 18.0. The number of benzene rings is 3. The van der Waals surface area contributed by atoms with E-state index >= 15 is 0 Å². The predicted molar refractivity (Wildman–Crippen MR) is 139 cm³/mol. The van der Waals surface area contributed by atoms with Crippen molar-refractivity contribution in [2.24, 2.45) is 0 Å². The molecule has 1 unspecified atom stereocenters. The lowest BCUT2D eigenvalue weighted by Gasteiger charge is -2.41. The van der Waals surface area contributed by atoms with Crippen LogP contribution in [0.4, 0.5) is 5.69 Å². The lowest BCUT2D eigenvalue weighted by molar-refractivity contribution is -0.121. The Balaban J connectivity index is 1.35. The summed E-state index contributed by atoms with van der Waals surface area (Å²) >= 11 is 0. The van der Waals surface area contributed by atoms with E-state index in [1.165, 1.54) is 14.2 Å². The first kappa shape index (κ1) is 24.4. The van der Waals surface area contributed by atoms with Crippen molar-refractivity contribution >= 4 is 23.4 Å². The largest absolute Gasteiger partial charge is 0.493 e. The minimum Gasteiger partial charge on any atom is -0.493 e. The van der Waals surface area contributed by atoms with Crippen molar-refractivity contribution in [3.8, 4) is 11.5 Å². The van der Waals surface area contributed by atoms with Gasteiger partial charge in [0.2, 0.25) is 5.91 Å². The highest BCUT2D eigenvalue weighted by Gasteiger charge is 2.49. The molecule has 2 heterocycles. The number of fused-ring (bicyclic) bond motifs is 5. The zero-order valence-electron chi connectivity index (χ0n) is 20.9. The fraction of sp³-hybridized carbons (Fsp3) is 0.276. The van der Waals surface area contributed by atoms with Crippen LogP contribution in [0.2, 0.25) is 0 Å². The number of para-hydroxylation sites is 1. The molecule has 1 N–H and O–H groups in total. The highest BCUT2D eigenvalue weighted by molar-refractivity contribution is 6.18. The summed E-state index contributed by atoms with van der Waals surface area (Å²) in [4.78, 5) is 43.1. The molecule has 190 valence electrons. The van der Waals surface area contributed by atoms with Crippen LogP contribution in [0.1, 0.15) is 50.9 Å². The normalized spacial score (nSPS) is 15.7. The number of carbonyl (C=O) groups excluding carboxylic acids is 3. The molecule has 2 aliphatic rings. The second kappa shape index (κ2) is 10.3. The smallest absolute Gasteiger partial charge is 0.264 e. The van der Waals surface area contributed by atoms with Gasteiger partial charge >= 0.3 is 0 Å². The van der Waals surface area contributed by atoms with E-state index in [9.17, 15) is 14.4 Å². The monoisotopic (exact) mass is 499 g/mol. The molecule has 3 amide bonds. The van der Waals surface area contributed by atoms with Gasteiger partial charge in [0.25, 0.3) is 11.8 Å². The molecule has 0 spiro atoms. The van der Waals surface area contributed by atoms with E-state index in [1.54, 1.807) is 34.1 Å². The molecule has 0 radical (unpaired) electrons. The maximum Gasteiger partial charge on any atom is 0.264 e. The standard InChI is InChI=1S/C29H29N3O5/c1-36-23-15-14-21-25(26(23)37-2)29(35)32-22-12-7-6-11-20(22)28(34)31(27(21)32)18-8-13-24(33)30-17-16-19-9-4-3-5-10-19/h3-7,9-12,14-15,27H,8,13,16-18H2,1-2H3,(H,30,33). The Morgan fingerprint density at radius 1 is 0.919 bits per heavy atom. The van der Waals surface area contributed by atoms with Gasteiger partial charge < -0.3 is 19.7 Å². The highest BCUT2D eigenvalue weighted by Crippen LogP contribution is 2.49. The second-order valence-electron chi connectivity index (χ2n) is 9.02. The summed E-state index contributed by atoms with van der Waals surface area (Å²) in [7, 11) is 3.02. The highest BCUT2D eigenvalue weighted by atomic mass is 16.5. The lowest BCUT2D eigenvalue weighted by Crippen LogP contribution is -2.48. The van der Waals surface area contributed by atoms with E-state index in [1.807, 2.05) is 42.5 Å². The van der Waals surface area contributed by atoms with Gasteiger partial charge in [0.05, 0.1) is 31.0 Å². The molecule has 0 saturated carbocycles. The zero-order chi connectivity index (χ0) is 25.9. The van der Waals surface area contributed by atoms with Gasteiger partial charge in [-0.15, -0.1) is 0 Å². The van der Waals surface area contributed by atoms with Crippen LogP contribution in [0, 0.1) is 0 Å². The van der Waals surface area contributed by atoms with Crippen LogP contribution in [0.25, 0.3) is 0 Å². The van der Waals surface area contributed by atoms with Crippen LogP contribution in [0.5, 0.6) is 11.5 Å². The molecule has 3 aromatic carbocycles. The van der Waals surface area contributed by atoms with E-state index in [0.717, 1.165) is 12.0 Å². The van der Waals surface area contributed by atoms with Gasteiger partial charge in [0.1, 0.15) is 6.17 Å². The van der Waals surface area contributed by atoms with E-state index in [2.05, 4.69) is 5.32 Å². The number of hydrogen-bond donors (Lipinski definition) is 1. The molecule has 5 rings (SSSR count). The molecular weight excluding hydrogens is 470 g/mol. The molecule has 3 aromatic rings. The van der Waals surface area contributed by atoms with Gasteiger partial charge in [-0.2, -0.15) is 0 Å². The number of anilines is 1. The second-order valence-corrected chi connectivity index (χ2v) is 9.02. The number of methoxy groups -OCH3 is 2. The Bertz CT molecular complexity index is 1340. The molecule has 0 aromatic heterocycles. The Labute approximate surface area is 215 Å². The average Bonchev–Trinajstić information content (AvgIpc) is 3.23. The minimum absolute atomic E-state index is 0.0630. The molecule has 8 nitrogen and oxygen atoms in total. The van der Waals surface area contributed by atoms with Crippen LogP contribution in [0.3, 0.4) is 0 Å². The summed E-state index contributed by atoms with van der Waals surface area (Å²) in [6.07, 6.45) is 0.882. The van der Waals surface area contributed by atoms with Crippen molar-refractivity contribution in [3.05, 3.63) is 89.0 Å². The molecule has 0 aliphatic carbocycles. The van der Waals surface area contributed by atoms with Crippen LogP contribution in [0.15, 0.2) is 66.7 Å². The maximum absolute atomic E-state index is 13.7. The van der Waals surface area contributed by atoms with Gasteiger partial charge in [-0.3, -0.25) is 19.3 Å². The van der Waals surface area contributed by atoms with Crippen molar-refractivity contribution in [2.75, 3.05) is 32.2 Å². The van der Waals surface area contributed by atoms with Gasteiger partial charge in [0.15, 0.2) is 11.5 Å². The van der Waals surface area contributed by atoms with E-state index < -0.39 is 6.17 Å². The summed E-state index contributed by atoms with van der Waals surface area (Å²) in [5, 5.41) is 2.96. The van der Waals surface area contributed by atoms with Crippen LogP contribution in [-0.4, -0.2) is 49.9 Å². The van der Waals surface area contributed by atoms with Crippen molar-refractivity contribution in [3.63, 3.8) is 0 Å². The van der Waals surface area contributed by atoms with Crippen molar-refractivity contribution in [1.82, 2.24) is 10.2 Å². The first-order valence-electron chi connectivity index (χ1n) is 12.3. The number of amides is 3. The number of hydrogen-bond acceptors (Lipinski definition) is 5. The number of rotatable bonds is 9. The van der Waals surface area contributed by atoms with E-state index in [-0.39, 0.29) is 24.1 Å². The van der Waals surface area contributed by atoms with Crippen molar-refractivity contribution in [2.45, 2.75) is 25.4 Å². The SMILES string of the molecule is COc1ccc2c(c1OC)C(=O)N1c3ccccc3C(=O)N(CCCC(=O)NCCc3ccccc3)C21. The van der Waals surface area contributed by atoms with Crippen LogP contribution < -0.4 is 19.7 Å². The number of nitrogens with zero attached hydrogens (tertiary/aromatic N) is 2. The number of carbonyl (C=O) groups is 3. The molecule has 0 bridgehead atoms. The van der Waals surface area contributed by atoms with Crippen molar-refractivity contribution < 1.29 is 23.9 Å². The molecule has 37 heavy (non-hydrogen) atoms. The lowest BCUT2D eigenvalue weighted by atomic mass is 10.0. The average molecular weight is 500 g/mol. The van der Waals surface area contributed by atoms with Gasteiger partial charge in [-0.25, -0.2) is 0 Å². The van der Waals surface area contributed by atoms with Gasteiger partial charge in [-0.05, 0) is 36.6 Å². The van der Waals surface area contributed by atoms with E-state index in [4.69, 9.17) is 9.47 Å². The predicted octanol–water partition coefficient (Wildman–Crippen LogP) is 3.96. The Hall–Kier alpha value is -4.33. The quantitative estimate of drug-likeness (QED) is 0.482. The topological polar surface area (TPSA) is 88.2 Å². The summed E-state index contributed by atoms with van der Waals surface area (Å²) in [6.45, 7) is 0.875. The van der Waals surface area contributed by atoms with Crippen LogP contribution in [-0.2, 0) is 11.2 Å². The summed E-state index contributed by atoms with van der Waals surface area (Å²) < 4.78 is 11.0. The summed E-state index contributed by atoms with van der Waals surface area (Å²) in [5.74, 6) is 0.318. The Kier molecular flexibility index (Phi) is 6.81. The molecule has 2 aliphatic heterocycles. The van der Waals surface area contributed by atoms with Crippen LogP contribution >= 0.6 is 0 Å². The fourth-order valence-electron chi connectivity index (χ4n) is 5.14. The molecular formula is C29H29N3O5. The van der Waals surface area contributed by atoms with E-state index in [0.29, 0.717) is 53.4 Å². The molecule has 8 heteroatoms. The number of ether oxygens (including phenoxy) is 2. The molecule has 0 saturated heterocycles. The first-order valence-corrected chi connectivity index (χ1v) is 12.3. The van der Waals surface area contributed by atoms with Crippen molar-refractivity contribution in [1.29, 1.82) is 0 Å². The molecule has 1 atom stereocenters. The minimum atomic E-state index is -0.620. The van der Waals surface area contributed by atoms with Gasteiger partial charge in [-0.1, -0.05) is 48.5 Å². The third kappa shape index (κ3) is 4.39. The Morgan fingerprint density at radius 2 is 1.68 bits per heavy atom. The summed E-state index contributed by atoms with van der Waals surface area (Å²) in [6, 6.07) is 20.6. The third-order valence-corrected chi connectivity index (χ3v) is 6.86. The van der Waals surface area contributed by atoms with Gasteiger partial charge in [0, 0.05) is 25.1 Å². The molecule has 0 fully saturated rings. The third-order valence-electron chi connectivity index (χ3n) is 6.86. The number of nitrogens with one attached hydrogen (secondary N) is 1. The Morgan fingerprint density at radius 3 is 2.43 bits per heavy atom. The zero-order valence-corrected chi connectivity index (χ0v) is 20.9. The maximum atomic E-state index is 13.7. The fourth-order valence-corrected chi connectivity index (χ4v) is 5.14. The summed E-state index contributed by atoms with van der Waals surface area (Å²) in [5.41, 5.74) is 3.25.